The molecule has 1 saturated heterocycles. The molecule has 0 bridgehead atoms. The summed E-state index contributed by atoms with van der Waals surface area (Å²) >= 11 is 1.85. The lowest BCUT2D eigenvalue weighted by atomic mass is 9.89. The topological polar surface area (TPSA) is 47.3 Å². The molecule has 3 N–H and O–H groups in total. The molecule has 96 valence electrons. The summed E-state index contributed by atoms with van der Waals surface area (Å²) in [4.78, 5) is 1.48. The summed E-state index contributed by atoms with van der Waals surface area (Å²) in [5.41, 5.74) is 3.00. The molecule has 1 fully saturated rings. The zero-order valence-electron chi connectivity index (χ0n) is 10.2. The number of ether oxygens (including phenoxy) is 1. The Morgan fingerprint density at radius 2 is 2.29 bits per heavy atom. The molecule has 17 heavy (non-hydrogen) atoms. The third-order valence-electron chi connectivity index (χ3n) is 3.57. The quantitative estimate of drug-likeness (QED) is 0.605. The maximum absolute atomic E-state index is 5.67. The third kappa shape index (κ3) is 4.07. The molecule has 1 aromatic rings. The van der Waals surface area contributed by atoms with E-state index in [1.165, 1.54) is 24.1 Å². The van der Waals surface area contributed by atoms with Gasteiger partial charge >= 0.3 is 0 Å². The first kappa shape index (κ1) is 13.0. The molecule has 0 aromatic carbocycles. The molecular weight excluding hydrogens is 232 g/mol. The van der Waals surface area contributed by atoms with E-state index in [4.69, 9.17) is 10.6 Å². The van der Waals surface area contributed by atoms with Crippen molar-refractivity contribution < 1.29 is 4.74 Å². The van der Waals surface area contributed by atoms with Crippen LogP contribution in [-0.2, 0) is 11.2 Å². The Balaban J connectivity index is 1.71. The number of thiophene rings is 1. The first-order valence-corrected chi connectivity index (χ1v) is 7.34. The first-order chi connectivity index (χ1) is 8.40. The van der Waals surface area contributed by atoms with Crippen molar-refractivity contribution in [1.29, 1.82) is 0 Å². The molecule has 0 amide bonds. The van der Waals surface area contributed by atoms with Crippen molar-refractivity contribution in [3.63, 3.8) is 0 Å². The van der Waals surface area contributed by atoms with Gasteiger partial charge in [-0.05, 0) is 49.5 Å². The first-order valence-electron chi connectivity index (χ1n) is 6.46. The van der Waals surface area contributed by atoms with Gasteiger partial charge in [0.15, 0.2) is 0 Å². The second kappa shape index (κ2) is 7.11. The fourth-order valence-electron chi connectivity index (χ4n) is 2.52. The molecule has 3 nitrogen and oxygen atoms in total. The average molecular weight is 254 g/mol. The molecule has 1 aliphatic heterocycles. The maximum Gasteiger partial charge on any atom is 0.0469 e. The maximum atomic E-state index is 5.67. The average Bonchev–Trinajstić information content (AvgIpc) is 2.89. The Kier molecular flexibility index (Phi) is 5.45. The standard InChI is InChI=1S/C13H22N2OS/c14-15-13(11-6-8-16-9-7-11)5-1-3-12-4-2-10-17-12/h2,4,10-11,13,15H,1,3,5-9,14H2. The summed E-state index contributed by atoms with van der Waals surface area (Å²) in [6.07, 6.45) is 5.85. The number of nitrogens with one attached hydrogen (secondary N) is 1. The molecule has 0 aliphatic carbocycles. The van der Waals surface area contributed by atoms with Crippen LogP contribution >= 0.6 is 11.3 Å². The van der Waals surface area contributed by atoms with E-state index >= 15 is 0 Å². The zero-order chi connectivity index (χ0) is 11.9. The lowest BCUT2D eigenvalue weighted by Crippen LogP contribution is -2.42. The highest BCUT2D eigenvalue weighted by atomic mass is 32.1. The predicted molar refractivity (Wildman–Crippen MR) is 71.9 cm³/mol. The van der Waals surface area contributed by atoms with E-state index < -0.39 is 0 Å². The summed E-state index contributed by atoms with van der Waals surface area (Å²) in [6, 6.07) is 4.79. The number of hydrazine groups is 1. The summed E-state index contributed by atoms with van der Waals surface area (Å²) in [6.45, 7) is 1.79. The van der Waals surface area contributed by atoms with Crippen molar-refractivity contribution in [2.45, 2.75) is 38.1 Å². The zero-order valence-corrected chi connectivity index (χ0v) is 11.0. The minimum atomic E-state index is 0.457. The number of hydrogen-bond acceptors (Lipinski definition) is 4. The molecule has 4 heteroatoms. The van der Waals surface area contributed by atoms with Crippen LogP contribution in [-0.4, -0.2) is 19.3 Å². The van der Waals surface area contributed by atoms with Gasteiger partial charge in [0.05, 0.1) is 0 Å². The Labute approximate surface area is 107 Å². The fourth-order valence-corrected chi connectivity index (χ4v) is 3.28. The number of nitrogens with two attached hydrogens (primary N) is 1. The van der Waals surface area contributed by atoms with E-state index in [0.29, 0.717) is 12.0 Å². The van der Waals surface area contributed by atoms with Gasteiger partial charge in [0.25, 0.3) is 0 Å². The van der Waals surface area contributed by atoms with Crippen molar-refractivity contribution in [3.8, 4) is 0 Å². The van der Waals surface area contributed by atoms with E-state index in [1.54, 1.807) is 0 Å². The lowest BCUT2D eigenvalue weighted by Gasteiger charge is -2.29. The molecule has 0 saturated carbocycles. The van der Waals surface area contributed by atoms with Crippen LogP contribution in [0.5, 0.6) is 0 Å². The van der Waals surface area contributed by atoms with Crippen LogP contribution in [0, 0.1) is 5.92 Å². The minimum Gasteiger partial charge on any atom is -0.381 e. The van der Waals surface area contributed by atoms with Gasteiger partial charge in [-0.25, -0.2) is 0 Å². The molecule has 1 unspecified atom stereocenters. The Morgan fingerprint density at radius 3 is 2.94 bits per heavy atom. The molecule has 0 radical (unpaired) electrons. The van der Waals surface area contributed by atoms with Gasteiger partial charge in [-0.15, -0.1) is 11.3 Å². The largest absolute Gasteiger partial charge is 0.381 e. The van der Waals surface area contributed by atoms with Crippen molar-refractivity contribution in [2.24, 2.45) is 11.8 Å². The number of hydrogen-bond donors (Lipinski definition) is 2. The molecule has 1 atom stereocenters. The van der Waals surface area contributed by atoms with Crippen LogP contribution < -0.4 is 11.3 Å². The predicted octanol–water partition coefficient (Wildman–Crippen LogP) is 2.33. The number of aryl methyl sites for hydroxylation is 1. The highest BCUT2D eigenvalue weighted by Crippen LogP contribution is 2.22. The van der Waals surface area contributed by atoms with E-state index in [-0.39, 0.29) is 0 Å². The van der Waals surface area contributed by atoms with Gasteiger partial charge in [0.2, 0.25) is 0 Å². The van der Waals surface area contributed by atoms with Gasteiger partial charge < -0.3 is 4.74 Å². The van der Waals surface area contributed by atoms with Crippen LogP contribution in [0.25, 0.3) is 0 Å². The second-order valence-electron chi connectivity index (χ2n) is 4.69. The van der Waals surface area contributed by atoms with Gasteiger partial charge in [0.1, 0.15) is 0 Å². The van der Waals surface area contributed by atoms with Crippen LogP contribution in [0.3, 0.4) is 0 Å². The van der Waals surface area contributed by atoms with Crippen LogP contribution in [0.2, 0.25) is 0 Å². The van der Waals surface area contributed by atoms with Gasteiger partial charge in [-0.2, -0.15) is 0 Å². The van der Waals surface area contributed by atoms with Gasteiger partial charge in [-0.3, -0.25) is 11.3 Å². The van der Waals surface area contributed by atoms with E-state index in [9.17, 15) is 0 Å². The molecule has 2 heterocycles. The smallest absolute Gasteiger partial charge is 0.0469 e. The Morgan fingerprint density at radius 1 is 1.47 bits per heavy atom. The second-order valence-corrected chi connectivity index (χ2v) is 5.73. The van der Waals surface area contributed by atoms with Crippen LogP contribution in [0.15, 0.2) is 17.5 Å². The molecule has 2 rings (SSSR count). The monoisotopic (exact) mass is 254 g/mol. The van der Waals surface area contributed by atoms with Gasteiger partial charge in [0, 0.05) is 24.1 Å². The highest BCUT2D eigenvalue weighted by molar-refractivity contribution is 7.09. The summed E-state index contributed by atoms with van der Waals surface area (Å²) in [5.74, 6) is 6.37. The highest BCUT2D eigenvalue weighted by Gasteiger charge is 2.22. The summed E-state index contributed by atoms with van der Waals surface area (Å²) in [5, 5.41) is 2.15. The lowest BCUT2D eigenvalue weighted by molar-refractivity contribution is 0.0523. The molecule has 1 aromatic heterocycles. The fraction of sp³-hybridized carbons (Fsp3) is 0.692. The van der Waals surface area contributed by atoms with Crippen LogP contribution in [0.1, 0.15) is 30.6 Å². The van der Waals surface area contributed by atoms with Crippen molar-refractivity contribution in [1.82, 2.24) is 5.43 Å². The minimum absolute atomic E-state index is 0.457. The molecule has 0 spiro atoms. The van der Waals surface area contributed by atoms with Crippen molar-refractivity contribution >= 4 is 11.3 Å². The third-order valence-corrected chi connectivity index (χ3v) is 4.50. The van der Waals surface area contributed by atoms with Crippen molar-refractivity contribution in [3.05, 3.63) is 22.4 Å². The Bertz CT molecular complexity index is 296. The van der Waals surface area contributed by atoms with Crippen molar-refractivity contribution in [2.75, 3.05) is 13.2 Å². The van der Waals surface area contributed by atoms with E-state index in [1.807, 2.05) is 11.3 Å². The summed E-state index contributed by atoms with van der Waals surface area (Å²) in [7, 11) is 0. The normalized spacial score (nSPS) is 19.4. The molecule has 1 aliphatic rings. The van der Waals surface area contributed by atoms with Crippen LogP contribution in [0.4, 0.5) is 0 Å². The Hall–Kier alpha value is -0.420. The summed E-state index contributed by atoms with van der Waals surface area (Å²) < 4.78 is 5.39. The van der Waals surface area contributed by atoms with E-state index in [2.05, 4.69) is 22.9 Å². The van der Waals surface area contributed by atoms with Gasteiger partial charge in [-0.1, -0.05) is 6.07 Å². The number of rotatable bonds is 6. The SMILES string of the molecule is NNC(CCCc1cccs1)C1CCOCC1. The molecular formula is C13H22N2OS. The van der Waals surface area contributed by atoms with E-state index in [0.717, 1.165) is 26.1 Å².